The predicted molar refractivity (Wildman–Crippen MR) is 149 cm³/mol. The fourth-order valence-corrected chi connectivity index (χ4v) is 4.97. The van der Waals surface area contributed by atoms with Crippen LogP contribution in [0, 0.1) is 5.92 Å². The molecule has 2 fully saturated rings. The predicted octanol–water partition coefficient (Wildman–Crippen LogP) is 2.72. The Morgan fingerprint density at radius 1 is 1.21 bits per heavy atom. The first-order valence-electron chi connectivity index (χ1n) is 13.3. The van der Waals surface area contributed by atoms with Gasteiger partial charge in [-0.15, -0.1) is 6.58 Å². The molecule has 2 aromatic rings. The Hall–Kier alpha value is -4.77. The molecule has 0 spiro atoms. The number of benzene rings is 1. The van der Waals surface area contributed by atoms with Gasteiger partial charge in [0.2, 0.25) is 5.91 Å². The van der Waals surface area contributed by atoms with Gasteiger partial charge in [-0.05, 0) is 39.3 Å². The van der Waals surface area contributed by atoms with Gasteiger partial charge in [-0.1, -0.05) is 6.08 Å². The van der Waals surface area contributed by atoms with Crippen LogP contribution in [-0.4, -0.2) is 88.7 Å². The number of nitrogens with one attached hydrogen (secondary N) is 1. The van der Waals surface area contributed by atoms with Crippen molar-refractivity contribution in [3.8, 4) is 11.5 Å². The van der Waals surface area contributed by atoms with E-state index in [2.05, 4.69) is 21.7 Å². The fourth-order valence-electron chi connectivity index (χ4n) is 4.97. The average Bonchev–Trinajstić information content (AvgIpc) is 3.49. The van der Waals surface area contributed by atoms with Crippen molar-refractivity contribution in [2.45, 2.75) is 56.9 Å². The van der Waals surface area contributed by atoms with Crippen molar-refractivity contribution in [1.82, 2.24) is 15.2 Å². The second-order valence-electron chi connectivity index (χ2n) is 11.1. The molecule has 1 aromatic carbocycles. The lowest BCUT2D eigenvalue weighted by Crippen LogP contribution is -2.53. The topological polar surface area (TPSA) is 170 Å². The first-order valence-corrected chi connectivity index (χ1v) is 13.3. The number of methoxy groups -OCH3 is 2. The van der Waals surface area contributed by atoms with Crippen molar-refractivity contribution in [3.63, 3.8) is 0 Å². The van der Waals surface area contributed by atoms with E-state index in [4.69, 9.17) is 24.5 Å². The first-order chi connectivity index (χ1) is 19.8. The number of fused-ring (bicyclic) bond motifs is 1. The number of nitrogens with zero attached hydrogens (tertiary/aromatic N) is 4. The lowest BCUT2D eigenvalue weighted by atomic mass is 10.1. The molecule has 2 unspecified atom stereocenters. The number of ether oxygens (including phenoxy) is 4. The van der Waals surface area contributed by atoms with Crippen LogP contribution in [0.4, 0.5) is 4.79 Å². The van der Waals surface area contributed by atoms with E-state index in [9.17, 15) is 19.2 Å². The van der Waals surface area contributed by atoms with Crippen molar-refractivity contribution in [2.24, 2.45) is 5.92 Å². The molecule has 222 valence electrons. The minimum atomic E-state index is -1.25. The number of hydrogen-bond acceptors (Lipinski definition) is 9. The summed E-state index contributed by atoms with van der Waals surface area (Å²) in [5.41, 5.74) is 7.09. The van der Waals surface area contributed by atoms with Crippen molar-refractivity contribution in [1.29, 1.82) is 0 Å². The highest BCUT2D eigenvalue weighted by molar-refractivity contribution is 6.33. The lowest BCUT2D eigenvalue weighted by molar-refractivity contribution is -0.147. The van der Waals surface area contributed by atoms with E-state index >= 15 is 0 Å². The SMILES string of the molecule is C=CC1C[C@]1(NC(=O)[C@@H]1CC(Oc2cc(C(=O)C=[N+]=[N-])nc3cc(OC)ccc23)CN1C(=O)OC(C)(C)C)C(=O)OC. The second kappa shape index (κ2) is 11.6. The molecule has 4 atom stereocenters. The van der Waals surface area contributed by atoms with Crippen LogP contribution in [0.1, 0.15) is 44.1 Å². The molecule has 13 nitrogen and oxygen atoms in total. The van der Waals surface area contributed by atoms with Crippen molar-refractivity contribution in [3.05, 3.63) is 48.1 Å². The molecular weight excluding hydrogens is 546 g/mol. The summed E-state index contributed by atoms with van der Waals surface area (Å²) in [5.74, 6) is -1.39. The normalized spacial score (nSPS) is 22.9. The molecule has 13 heteroatoms. The maximum absolute atomic E-state index is 13.6. The van der Waals surface area contributed by atoms with Gasteiger partial charge in [-0.3, -0.25) is 14.5 Å². The van der Waals surface area contributed by atoms with Crippen LogP contribution in [0.3, 0.4) is 0 Å². The number of hydrogen-bond donors (Lipinski definition) is 1. The summed E-state index contributed by atoms with van der Waals surface area (Å²) in [5, 5.41) is 3.32. The second-order valence-corrected chi connectivity index (χ2v) is 11.1. The van der Waals surface area contributed by atoms with E-state index < -0.39 is 47.0 Å². The molecule has 1 saturated carbocycles. The van der Waals surface area contributed by atoms with Crippen LogP contribution in [0.15, 0.2) is 36.9 Å². The van der Waals surface area contributed by atoms with Crippen LogP contribution < -0.4 is 14.8 Å². The molecule has 0 radical (unpaired) electrons. The number of pyridine rings is 1. The number of amides is 2. The van der Waals surface area contributed by atoms with Crippen LogP contribution >= 0.6 is 0 Å². The molecule has 2 aliphatic rings. The van der Waals surface area contributed by atoms with Crippen molar-refractivity contribution >= 4 is 40.9 Å². The maximum Gasteiger partial charge on any atom is 0.411 e. The first kappa shape index (κ1) is 30.2. The largest absolute Gasteiger partial charge is 0.497 e. The molecule has 42 heavy (non-hydrogen) atoms. The molecule has 1 N–H and O–H groups in total. The van der Waals surface area contributed by atoms with Crippen LogP contribution in [-0.2, 0) is 19.1 Å². The standard InChI is InChI=1S/C29H33N5O8/c1-7-16-13-29(16,26(37)40-6)33-25(36)22-11-18(15-34(22)27(38)42-28(2,3)4)41-24-12-21(23(35)14-31-30)32-20-10-17(39-5)8-9-19(20)24/h7-10,12,14,16,18,22H,1,11,13,15H2,2-6H3,(H,33,36)/t16?,18?,22-,29+/m0/s1. The van der Waals surface area contributed by atoms with Gasteiger partial charge in [0.05, 0.1) is 26.3 Å². The molecule has 2 heterocycles. The summed E-state index contributed by atoms with van der Waals surface area (Å²) >= 11 is 0. The third kappa shape index (κ3) is 6.10. The zero-order valence-electron chi connectivity index (χ0n) is 24.1. The van der Waals surface area contributed by atoms with E-state index in [-0.39, 0.29) is 30.3 Å². The number of aromatic nitrogens is 1. The minimum absolute atomic E-state index is 0.0234. The van der Waals surface area contributed by atoms with Gasteiger partial charge in [0.1, 0.15) is 40.5 Å². The highest BCUT2D eigenvalue weighted by Gasteiger charge is 2.62. The van der Waals surface area contributed by atoms with Crippen LogP contribution in [0.5, 0.6) is 11.5 Å². The smallest absolute Gasteiger partial charge is 0.411 e. The molecule has 1 aliphatic heterocycles. The van der Waals surface area contributed by atoms with Gasteiger partial charge in [-0.25, -0.2) is 14.6 Å². The Bertz CT molecular complexity index is 1490. The van der Waals surface area contributed by atoms with E-state index in [1.54, 1.807) is 45.0 Å². The van der Waals surface area contributed by atoms with Crippen LogP contribution in [0.2, 0.25) is 0 Å². The molecule has 1 saturated heterocycles. The molecule has 2 amide bonds. The summed E-state index contributed by atoms with van der Waals surface area (Å²) in [7, 11) is 2.73. The molecule has 1 aromatic heterocycles. The Balaban J connectivity index is 1.67. The Morgan fingerprint density at radius 2 is 1.95 bits per heavy atom. The number of Topliss-reactive ketones (excluding diaryl/α,β-unsaturated/α-hetero) is 1. The minimum Gasteiger partial charge on any atom is -0.497 e. The molecule has 4 rings (SSSR count). The number of carbonyl (C=O) groups excluding carboxylic acids is 4. The van der Waals surface area contributed by atoms with Gasteiger partial charge in [0, 0.05) is 29.9 Å². The molecule has 0 bridgehead atoms. The van der Waals surface area contributed by atoms with E-state index in [1.165, 1.54) is 25.2 Å². The van der Waals surface area contributed by atoms with Crippen molar-refractivity contribution < 1.29 is 42.9 Å². The monoisotopic (exact) mass is 579 g/mol. The summed E-state index contributed by atoms with van der Waals surface area (Å²) in [6.45, 7) is 8.83. The third-order valence-electron chi connectivity index (χ3n) is 7.09. The van der Waals surface area contributed by atoms with Crippen molar-refractivity contribution in [2.75, 3.05) is 20.8 Å². The zero-order valence-corrected chi connectivity index (χ0v) is 24.1. The average molecular weight is 580 g/mol. The van der Waals surface area contributed by atoms with Gasteiger partial charge in [-0.2, -0.15) is 4.79 Å². The highest BCUT2D eigenvalue weighted by atomic mass is 16.6. The third-order valence-corrected chi connectivity index (χ3v) is 7.09. The fraction of sp³-hybridized carbons (Fsp3) is 0.448. The van der Waals surface area contributed by atoms with E-state index in [0.717, 1.165) is 0 Å². The molecular formula is C29H33N5O8. The zero-order chi connectivity index (χ0) is 30.8. The molecule has 1 aliphatic carbocycles. The lowest BCUT2D eigenvalue weighted by Gasteiger charge is -2.28. The summed E-state index contributed by atoms with van der Waals surface area (Å²) < 4.78 is 22.1. The number of carbonyl (C=O) groups is 4. The van der Waals surface area contributed by atoms with Gasteiger partial charge < -0.3 is 29.8 Å². The van der Waals surface area contributed by atoms with Crippen LogP contribution in [0.25, 0.3) is 16.4 Å². The summed E-state index contributed by atoms with van der Waals surface area (Å²) in [4.78, 5) is 60.2. The summed E-state index contributed by atoms with van der Waals surface area (Å²) in [6.07, 6.45) is 1.24. The maximum atomic E-state index is 13.6. The van der Waals surface area contributed by atoms with Gasteiger partial charge in [0.15, 0.2) is 0 Å². The van der Waals surface area contributed by atoms with E-state index in [1.807, 2.05) is 0 Å². The number of esters is 1. The number of likely N-dealkylation sites (tertiary alicyclic amines) is 1. The Kier molecular flexibility index (Phi) is 8.35. The highest BCUT2D eigenvalue weighted by Crippen LogP contribution is 2.45. The Labute approximate surface area is 242 Å². The van der Waals surface area contributed by atoms with E-state index in [0.29, 0.717) is 29.3 Å². The number of ketones is 1. The summed E-state index contributed by atoms with van der Waals surface area (Å²) in [6, 6.07) is 5.38. The van der Waals surface area contributed by atoms with Gasteiger partial charge in [0.25, 0.3) is 5.78 Å². The number of rotatable bonds is 9. The Morgan fingerprint density at radius 3 is 2.55 bits per heavy atom. The quantitative estimate of drug-likeness (QED) is 0.117. The van der Waals surface area contributed by atoms with Gasteiger partial charge >= 0.3 is 18.3 Å².